The van der Waals surface area contributed by atoms with E-state index in [-0.39, 0.29) is 10.8 Å². The van der Waals surface area contributed by atoms with Crippen LogP contribution in [0.25, 0.3) is 0 Å². The molecule has 0 atom stereocenters. The van der Waals surface area contributed by atoms with Gasteiger partial charge in [-0.3, -0.25) is 4.52 Å². The molecular formula is C30H45O3P. The highest BCUT2D eigenvalue weighted by molar-refractivity contribution is 7.42. The lowest BCUT2D eigenvalue weighted by Crippen LogP contribution is -2.19. The van der Waals surface area contributed by atoms with Crippen LogP contribution in [0, 0.1) is 11.8 Å². The van der Waals surface area contributed by atoms with Gasteiger partial charge in [0.25, 0.3) is 0 Å². The Morgan fingerprint density at radius 1 is 0.735 bits per heavy atom. The summed E-state index contributed by atoms with van der Waals surface area (Å²) in [5.41, 5.74) is 7.58. The molecule has 0 saturated carbocycles. The fourth-order valence-corrected chi connectivity index (χ4v) is 5.64. The normalized spacial score (nSPS) is 14.9. The van der Waals surface area contributed by atoms with Crippen molar-refractivity contribution in [2.45, 2.75) is 99.3 Å². The Balaban J connectivity index is 2.29. The molecule has 1 aliphatic heterocycles. The van der Waals surface area contributed by atoms with Gasteiger partial charge in [-0.25, -0.2) is 0 Å². The van der Waals surface area contributed by atoms with E-state index in [1.807, 2.05) is 0 Å². The highest BCUT2D eigenvalue weighted by atomic mass is 31.2. The van der Waals surface area contributed by atoms with Crippen LogP contribution in [0.4, 0.5) is 0 Å². The van der Waals surface area contributed by atoms with Crippen molar-refractivity contribution in [3.63, 3.8) is 0 Å². The maximum atomic E-state index is 6.54. The average Bonchev–Trinajstić information content (AvgIpc) is 2.65. The molecule has 1 heterocycles. The lowest BCUT2D eigenvalue weighted by atomic mass is 9.80. The van der Waals surface area contributed by atoms with Crippen molar-refractivity contribution in [1.82, 2.24) is 0 Å². The fourth-order valence-electron chi connectivity index (χ4n) is 4.73. The van der Waals surface area contributed by atoms with E-state index >= 15 is 0 Å². The van der Waals surface area contributed by atoms with Crippen molar-refractivity contribution in [2.75, 3.05) is 7.11 Å². The van der Waals surface area contributed by atoms with Gasteiger partial charge in [0.1, 0.15) is 11.5 Å². The maximum absolute atomic E-state index is 6.54. The minimum absolute atomic E-state index is 0.0517. The van der Waals surface area contributed by atoms with Gasteiger partial charge in [-0.15, -0.1) is 0 Å². The van der Waals surface area contributed by atoms with Crippen LogP contribution >= 0.6 is 8.60 Å². The van der Waals surface area contributed by atoms with Gasteiger partial charge >= 0.3 is 8.60 Å². The summed E-state index contributed by atoms with van der Waals surface area (Å²) in [6.45, 7) is 22.7. The number of benzene rings is 2. The molecule has 188 valence electrons. The molecule has 3 nitrogen and oxygen atoms in total. The summed E-state index contributed by atoms with van der Waals surface area (Å²) in [5, 5.41) is 0. The number of hydrogen-bond donors (Lipinski definition) is 0. The molecule has 0 saturated heterocycles. The van der Waals surface area contributed by atoms with Crippen molar-refractivity contribution < 1.29 is 13.6 Å². The largest absolute Gasteiger partial charge is 0.462 e. The second kappa shape index (κ2) is 10.2. The molecule has 0 aromatic heterocycles. The van der Waals surface area contributed by atoms with E-state index in [0.717, 1.165) is 30.8 Å². The van der Waals surface area contributed by atoms with Crippen LogP contribution in [0.15, 0.2) is 24.3 Å². The fraction of sp³-hybridized carbons (Fsp3) is 0.600. The van der Waals surface area contributed by atoms with Crippen molar-refractivity contribution >= 4 is 8.60 Å². The van der Waals surface area contributed by atoms with Crippen molar-refractivity contribution in [3.05, 3.63) is 57.6 Å². The summed E-state index contributed by atoms with van der Waals surface area (Å²) in [5.74, 6) is 3.06. The number of hydrogen-bond acceptors (Lipinski definition) is 3. The Labute approximate surface area is 209 Å². The summed E-state index contributed by atoms with van der Waals surface area (Å²) in [4.78, 5) is 0. The second-order valence-corrected chi connectivity index (χ2v) is 13.9. The first kappa shape index (κ1) is 27.0. The van der Waals surface area contributed by atoms with Crippen LogP contribution in [0.1, 0.15) is 103 Å². The highest BCUT2D eigenvalue weighted by Gasteiger charge is 2.32. The van der Waals surface area contributed by atoms with Gasteiger partial charge in [0, 0.05) is 24.7 Å². The summed E-state index contributed by atoms with van der Waals surface area (Å²) in [6.07, 6.45) is 2.90. The highest BCUT2D eigenvalue weighted by Crippen LogP contribution is 2.52. The quantitative estimate of drug-likeness (QED) is 0.397. The van der Waals surface area contributed by atoms with E-state index in [1.165, 1.54) is 33.4 Å². The number of rotatable bonds is 5. The molecular weight excluding hydrogens is 439 g/mol. The van der Waals surface area contributed by atoms with Crippen molar-refractivity contribution in [3.8, 4) is 11.5 Å². The first-order valence-corrected chi connectivity index (χ1v) is 13.8. The van der Waals surface area contributed by atoms with Gasteiger partial charge in [-0.05, 0) is 57.8 Å². The standard InChI is InChI=1S/C30H45O3P/c1-19(2)12-21-14-23-18-24-15-22(13-20(3)4)17-26(30(8,9)10)28(24)33-34(31-11)32-27(23)25(16-21)29(5,6)7/h14-17,19-20H,12-13,18H2,1-11H3. The molecule has 34 heavy (non-hydrogen) atoms. The third-order valence-corrected chi connectivity index (χ3v) is 7.18. The van der Waals surface area contributed by atoms with Gasteiger partial charge in [-0.2, -0.15) is 0 Å². The van der Waals surface area contributed by atoms with E-state index in [0.29, 0.717) is 11.8 Å². The van der Waals surface area contributed by atoms with E-state index in [2.05, 4.69) is 93.5 Å². The van der Waals surface area contributed by atoms with E-state index in [9.17, 15) is 0 Å². The summed E-state index contributed by atoms with van der Waals surface area (Å²) < 4.78 is 18.9. The minimum Gasteiger partial charge on any atom is -0.417 e. The zero-order chi connectivity index (χ0) is 25.4. The molecule has 1 aliphatic rings. The third-order valence-electron chi connectivity index (χ3n) is 6.22. The minimum atomic E-state index is -1.57. The van der Waals surface area contributed by atoms with E-state index in [1.54, 1.807) is 7.11 Å². The summed E-state index contributed by atoms with van der Waals surface area (Å²) in [7, 11) is 0.115. The van der Waals surface area contributed by atoms with Crippen LogP contribution in [0.3, 0.4) is 0 Å². The Kier molecular flexibility index (Phi) is 8.10. The lowest BCUT2D eigenvalue weighted by Gasteiger charge is -2.32. The zero-order valence-corrected chi connectivity index (χ0v) is 24.2. The van der Waals surface area contributed by atoms with E-state index < -0.39 is 8.60 Å². The molecule has 0 amide bonds. The SMILES string of the molecule is COP1Oc2c(cc(CC(C)C)cc2C(C)(C)C)Cc2cc(CC(C)C)cc(C(C)(C)C)c2O1. The van der Waals surface area contributed by atoms with Crippen LogP contribution in [0.2, 0.25) is 0 Å². The molecule has 0 radical (unpaired) electrons. The zero-order valence-electron chi connectivity index (χ0n) is 23.3. The first-order valence-electron chi connectivity index (χ1n) is 12.7. The van der Waals surface area contributed by atoms with Crippen LogP contribution in [-0.2, 0) is 34.6 Å². The molecule has 0 bridgehead atoms. The molecule has 3 rings (SSSR count). The topological polar surface area (TPSA) is 27.7 Å². The Morgan fingerprint density at radius 3 is 1.41 bits per heavy atom. The predicted octanol–water partition coefficient (Wildman–Crippen LogP) is 8.91. The average molecular weight is 485 g/mol. The van der Waals surface area contributed by atoms with Gasteiger partial charge in [0.05, 0.1) is 0 Å². The molecule has 0 N–H and O–H groups in total. The summed E-state index contributed by atoms with van der Waals surface area (Å²) >= 11 is 0. The maximum Gasteiger partial charge on any atom is 0.462 e. The molecule has 0 fully saturated rings. The van der Waals surface area contributed by atoms with Crippen molar-refractivity contribution in [2.24, 2.45) is 11.8 Å². The molecule has 4 heteroatoms. The van der Waals surface area contributed by atoms with Crippen molar-refractivity contribution in [1.29, 1.82) is 0 Å². The first-order chi connectivity index (χ1) is 15.7. The van der Waals surface area contributed by atoms with E-state index in [4.69, 9.17) is 13.6 Å². The Morgan fingerprint density at radius 2 is 1.12 bits per heavy atom. The van der Waals surface area contributed by atoms with Crippen LogP contribution in [-0.4, -0.2) is 7.11 Å². The smallest absolute Gasteiger partial charge is 0.417 e. The van der Waals surface area contributed by atoms with Crippen LogP contribution < -0.4 is 9.05 Å². The molecule has 0 unspecified atom stereocenters. The summed E-state index contributed by atoms with van der Waals surface area (Å²) in [6, 6.07) is 9.38. The third kappa shape index (κ3) is 6.35. The molecule has 0 aliphatic carbocycles. The number of fused-ring (bicyclic) bond motifs is 2. The lowest BCUT2D eigenvalue weighted by molar-refractivity contribution is 0.313. The van der Waals surface area contributed by atoms with Gasteiger partial charge < -0.3 is 9.05 Å². The van der Waals surface area contributed by atoms with Gasteiger partial charge in [0.2, 0.25) is 0 Å². The predicted molar refractivity (Wildman–Crippen MR) is 145 cm³/mol. The second-order valence-electron chi connectivity index (χ2n) is 12.7. The van der Waals surface area contributed by atoms with Gasteiger partial charge in [0.15, 0.2) is 0 Å². The van der Waals surface area contributed by atoms with Crippen LogP contribution in [0.5, 0.6) is 11.5 Å². The Bertz CT molecular complexity index is 930. The Hall–Kier alpha value is -1.57. The monoisotopic (exact) mass is 484 g/mol. The molecule has 2 aromatic carbocycles. The molecule has 2 aromatic rings. The molecule has 0 spiro atoms. The van der Waals surface area contributed by atoms with Gasteiger partial charge in [-0.1, -0.05) is 93.5 Å².